The summed E-state index contributed by atoms with van der Waals surface area (Å²) in [6, 6.07) is 6.97. The highest BCUT2D eigenvalue weighted by atomic mass is 16.5. The number of carbonyl (C=O) groups is 1. The van der Waals surface area contributed by atoms with Crippen LogP contribution in [0.25, 0.3) is 11.4 Å². The van der Waals surface area contributed by atoms with Crippen LogP contribution in [0.1, 0.15) is 31.7 Å². The summed E-state index contributed by atoms with van der Waals surface area (Å²) in [7, 11) is 1.60. The average molecular weight is 302 g/mol. The Bertz CT molecular complexity index is 694. The molecule has 1 aromatic carbocycles. The maximum Gasteiger partial charge on any atom is 0.249 e. The van der Waals surface area contributed by atoms with Crippen LogP contribution in [-0.2, 0) is 4.79 Å². The number of ether oxygens (including phenoxy) is 1. The van der Waals surface area contributed by atoms with Gasteiger partial charge < -0.3 is 20.3 Å². The van der Waals surface area contributed by atoms with Gasteiger partial charge in [0.05, 0.1) is 12.6 Å². The van der Waals surface area contributed by atoms with E-state index in [1.54, 1.807) is 14.0 Å². The van der Waals surface area contributed by atoms with Gasteiger partial charge in [0.2, 0.25) is 17.6 Å². The number of methoxy groups -OCH3 is 1. The fourth-order valence-corrected chi connectivity index (χ4v) is 2.05. The Labute approximate surface area is 127 Å². The van der Waals surface area contributed by atoms with Crippen molar-refractivity contribution in [2.45, 2.75) is 31.3 Å². The van der Waals surface area contributed by atoms with E-state index in [1.165, 1.54) is 0 Å². The van der Waals surface area contributed by atoms with Crippen molar-refractivity contribution in [2.24, 2.45) is 5.73 Å². The second kappa shape index (κ2) is 5.42. The maximum atomic E-state index is 11.9. The zero-order valence-corrected chi connectivity index (χ0v) is 12.5. The van der Waals surface area contributed by atoms with Crippen molar-refractivity contribution in [3.05, 3.63) is 30.2 Å². The van der Waals surface area contributed by atoms with Crippen LogP contribution in [0.3, 0.4) is 0 Å². The van der Waals surface area contributed by atoms with E-state index in [0.29, 0.717) is 30.3 Å². The van der Waals surface area contributed by atoms with Crippen molar-refractivity contribution < 1.29 is 14.1 Å². The maximum absolute atomic E-state index is 11.9. The Balaban J connectivity index is 1.73. The molecular weight excluding hydrogens is 284 g/mol. The third-order valence-corrected chi connectivity index (χ3v) is 3.73. The third kappa shape index (κ3) is 2.80. The summed E-state index contributed by atoms with van der Waals surface area (Å²) in [5.41, 5.74) is 5.92. The second-order valence-electron chi connectivity index (χ2n) is 5.54. The largest absolute Gasteiger partial charge is 0.497 e. The molecule has 3 N–H and O–H groups in total. The van der Waals surface area contributed by atoms with Gasteiger partial charge in [0.25, 0.3) is 0 Å². The van der Waals surface area contributed by atoms with E-state index < -0.39 is 5.54 Å². The van der Waals surface area contributed by atoms with Gasteiger partial charge in [-0.05, 0) is 31.9 Å². The van der Waals surface area contributed by atoms with Crippen LogP contribution in [0.5, 0.6) is 5.75 Å². The number of aromatic nitrogens is 2. The molecule has 116 valence electrons. The highest BCUT2D eigenvalue weighted by molar-refractivity contribution is 5.89. The first-order valence-corrected chi connectivity index (χ1v) is 7.10. The number of nitrogens with two attached hydrogens (primary N) is 1. The number of nitrogens with zero attached hydrogens (tertiary/aromatic N) is 2. The predicted octanol–water partition coefficient (Wildman–Crippen LogP) is 1.41. The van der Waals surface area contributed by atoms with Crippen molar-refractivity contribution in [3.8, 4) is 17.1 Å². The Morgan fingerprint density at radius 3 is 2.95 bits per heavy atom. The molecule has 1 unspecified atom stereocenters. The highest BCUT2D eigenvalue weighted by Crippen LogP contribution is 2.33. The lowest BCUT2D eigenvalue weighted by atomic mass is 10.2. The van der Waals surface area contributed by atoms with Crippen LogP contribution in [0, 0.1) is 0 Å². The molecule has 1 heterocycles. The topological polar surface area (TPSA) is 103 Å². The van der Waals surface area contributed by atoms with Crippen LogP contribution in [0.15, 0.2) is 28.8 Å². The molecule has 2 aromatic rings. The monoisotopic (exact) mass is 302 g/mol. The van der Waals surface area contributed by atoms with E-state index in [4.69, 9.17) is 15.0 Å². The van der Waals surface area contributed by atoms with E-state index >= 15 is 0 Å². The fraction of sp³-hybridized carbons (Fsp3) is 0.400. The molecule has 1 aliphatic carbocycles. The number of nitrogens with one attached hydrogen (secondary N) is 1. The summed E-state index contributed by atoms with van der Waals surface area (Å²) in [5.74, 6) is 1.32. The Hall–Kier alpha value is -2.41. The van der Waals surface area contributed by atoms with Crippen molar-refractivity contribution in [1.82, 2.24) is 15.5 Å². The Kier molecular flexibility index (Phi) is 3.58. The highest BCUT2D eigenvalue weighted by Gasteiger charge is 2.46. The second-order valence-corrected chi connectivity index (χ2v) is 5.54. The standard InChI is InChI=1S/C15H18N4O3/c1-9(17-14(20)15(16)6-7-15)13-18-12(19-22-13)10-4-3-5-11(8-10)21-2/h3-5,8-9H,6-7,16H2,1-2H3,(H,17,20). The smallest absolute Gasteiger partial charge is 0.249 e. The van der Waals surface area contributed by atoms with Crippen LogP contribution in [0.4, 0.5) is 0 Å². The molecule has 1 saturated carbocycles. The summed E-state index contributed by atoms with van der Waals surface area (Å²) in [6.45, 7) is 1.78. The SMILES string of the molecule is COc1cccc(-c2noc(C(C)NC(=O)C3(N)CC3)n2)c1. The number of hydrogen-bond donors (Lipinski definition) is 2. The van der Waals surface area contributed by atoms with Gasteiger partial charge in [-0.2, -0.15) is 4.98 Å². The average Bonchev–Trinajstić information content (AvgIpc) is 3.10. The van der Waals surface area contributed by atoms with Gasteiger partial charge in [-0.3, -0.25) is 4.79 Å². The molecule has 1 aromatic heterocycles. The normalized spacial score (nSPS) is 16.9. The molecule has 7 nitrogen and oxygen atoms in total. The number of benzene rings is 1. The van der Waals surface area contributed by atoms with Gasteiger partial charge in [0.15, 0.2) is 0 Å². The van der Waals surface area contributed by atoms with Gasteiger partial charge in [-0.25, -0.2) is 0 Å². The molecule has 1 amide bonds. The number of hydrogen-bond acceptors (Lipinski definition) is 6. The first-order chi connectivity index (χ1) is 10.5. The molecule has 0 radical (unpaired) electrons. The summed E-state index contributed by atoms with van der Waals surface area (Å²) in [4.78, 5) is 16.3. The lowest BCUT2D eigenvalue weighted by Crippen LogP contribution is -2.43. The lowest BCUT2D eigenvalue weighted by molar-refractivity contribution is -0.124. The van der Waals surface area contributed by atoms with Gasteiger partial charge in [-0.15, -0.1) is 0 Å². The first-order valence-electron chi connectivity index (χ1n) is 7.10. The number of amides is 1. The molecule has 0 bridgehead atoms. The summed E-state index contributed by atoms with van der Waals surface area (Å²) in [6.07, 6.45) is 1.43. The fourth-order valence-electron chi connectivity index (χ4n) is 2.05. The lowest BCUT2D eigenvalue weighted by Gasteiger charge is -2.13. The van der Waals surface area contributed by atoms with E-state index in [0.717, 1.165) is 5.56 Å². The van der Waals surface area contributed by atoms with E-state index in [2.05, 4.69) is 15.5 Å². The van der Waals surface area contributed by atoms with Gasteiger partial charge in [-0.1, -0.05) is 17.3 Å². The first kappa shape index (κ1) is 14.5. The van der Waals surface area contributed by atoms with Crippen LogP contribution in [0.2, 0.25) is 0 Å². The van der Waals surface area contributed by atoms with Crippen LogP contribution in [-0.4, -0.2) is 28.7 Å². The van der Waals surface area contributed by atoms with Crippen molar-refractivity contribution in [3.63, 3.8) is 0 Å². The zero-order chi connectivity index (χ0) is 15.7. The molecule has 7 heteroatoms. The van der Waals surface area contributed by atoms with Gasteiger partial charge >= 0.3 is 0 Å². The number of carbonyl (C=O) groups excluding carboxylic acids is 1. The van der Waals surface area contributed by atoms with E-state index in [9.17, 15) is 4.79 Å². The minimum absolute atomic E-state index is 0.180. The molecule has 22 heavy (non-hydrogen) atoms. The molecule has 0 aliphatic heterocycles. The van der Waals surface area contributed by atoms with Gasteiger partial charge in [0, 0.05) is 5.56 Å². The molecule has 1 atom stereocenters. The molecule has 1 fully saturated rings. The van der Waals surface area contributed by atoms with Crippen molar-refractivity contribution in [2.75, 3.05) is 7.11 Å². The minimum atomic E-state index is -0.718. The number of rotatable bonds is 5. The van der Waals surface area contributed by atoms with E-state index in [1.807, 2.05) is 24.3 Å². The van der Waals surface area contributed by atoms with Gasteiger partial charge in [0.1, 0.15) is 11.8 Å². The summed E-state index contributed by atoms with van der Waals surface area (Å²) in [5, 5.41) is 6.74. The van der Waals surface area contributed by atoms with Crippen LogP contribution >= 0.6 is 0 Å². The summed E-state index contributed by atoms with van der Waals surface area (Å²) < 4.78 is 10.4. The van der Waals surface area contributed by atoms with Crippen LogP contribution < -0.4 is 15.8 Å². The van der Waals surface area contributed by atoms with Crippen molar-refractivity contribution in [1.29, 1.82) is 0 Å². The quantitative estimate of drug-likeness (QED) is 0.865. The molecule has 1 aliphatic rings. The molecular formula is C15H18N4O3. The molecule has 0 saturated heterocycles. The Morgan fingerprint density at radius 1 is 1.50 bits per heavy atom. The Morgan fingerprint density at radius 2 is 2.27 bits per heavy atom. The third-order valence-electron chi connectivity index (χ3n) is 3.73. The van der Waals surface area contributed by atoms with E-state index in [-0.39, 0.29) is 11.9 Å². The molecule has 3 rings (SSSR count). The zero-order valence-electron chi connectivity index (χ0n) is 12.5. The predicted molar refractivity (Wildman–Crippen MR) is 79.0 cm³/mol. The summed E-state index contributed by atoms with van der Waals surface area (Å²) >= 11 is 0. The van der Waals surface area contributed by atoms with Crippen molar-refractivity contribution >= 4 is 5.91 Å². The molecule has 0 spiro atoms. The minimum Gasteiger partial charge on any atom is -0.497 e.